The Morgan fingerprint density at radius 1 is 1.13 bits per heavy atom. The van der Waals surface area contributed by atoms with Crippen LogP contribution in [0.4, 0.5) is 4.79 Å². The van der Waals surface area contributed by atoms with Gasteiger partial charge in [0, 0.05) is 12.4 Å². The molecule has 1 aromatic heterocycles. The zero-order chi connectivity index (χ0) is 29.2. The predicted octanol–water partition coefficient (Wildman–Crippen LogP) is 7.17. The van der Waals surface area contributed by atoms with E-state index < -0.39 is 23.1 Å². The van der Waals surface area contributed by atoms with Crippen molar-refractivity contribution in [2.24, 2.45) is 5.41 Å². The molecular weight excluding hydrogens is 512 g/mol. The summed E-state index contributed by atoms with van der Waals surface area (Å²) in [6.45, 7) is 14.0. The molecule has 8 heteroatoms. The van der Waals surface area contributed by atoms with Crippen molar-refractivity contribution in [3.8, 4) is 0 Å². The van der Waals surface area contributed by atoms with Crippen LogP contribution in [-0.2, 0) is 24.9 Å². The van der Waals surface area contributed by atoms with E-state index in [2.05, 4.69) is 27.0 Å². The molecule has 0 bridgehead atoms. The highest BCUT2D eigenvalue weighted by Gasteiger charge is 2.43. The van der Waals surface area contributed by atoms with Crippen LogP contribution in [0, 0.1) is 5.41 Å². The number of aliphatic carboxylic acids is 1. The van der Waals surface area contributed by atoms with Gasteiger partial charge in [0.05, 0.1) is 22.7 Å². The second-order valence-electron chi connectivity index (χ2n) is 12.6. The second-order valence-corrected chi connectivity index (χ2v) is 14.9. The number of rotatable bonds is 7. The maximum Gasteiger partial charge on any atom is 0.410 e. The molecule has 1 aromatic carbocycles. The van der Waals surface area contributed by atoms with Crippen LogP contribution in [0.2, 0.25) is 0 Å². The van der Waals surface area contributed by atoms with Gasteiger partial charge in [0.25, 0.3) is 0 Å². The van der Waals surface area contributed by atoms with Gasteiger partial charge in [-0.1, -0.05) is 30.4 Å². The molecule has 1 N–H and O–H groups in total. The average Bonchev–Trinajstić information content (AvgIpc) is 2.85. The third kappa shape index (κ3) is 7.98. The lowest BCUT2D eigenvalue weighted by Gasteiger charge is -2.34. The number of carbonyl (C=O) groups excluding carboxylic acids is 1. The first-order chi connectivity index (χ1) is 18.0. The normalized spacial score (nSPS) is 22.0. The summed E-state index contributed by atoms with van der Waals surface area (Å²) in [5, 5.41) is 11.1. The van der Waals surface area contributed by atoms with Crippen molar-refractivity contribution in [1.82, 2.24) is 9.88 Å². The third-order valence-electron chi connectivity index (χ3n) is 7.42. The Morgan fingerprint density at radius 3 is 2.31 bits per heavy atom. The predicted molar refractivity (Wildman–Crippen MR) is 160 cm³/mol. The molecule has 1 aliphatic rings. The van der Waals surface area contributed by atoms with E-state index in [1.165, 1.54) is 0 Å². The Morgan fingerprint density at radius 2 is 1.74 bits per heavy atom. The van der Waals surface area contributed by atoms with Crippen molar-refractivity contribution >= 4 is 40.2 Å². The highest BCUT2D eigenvalue weighted by atomic mass is 32.2. The molecule has 2 atom stereocenters. The van der Waals surface area contributed by atoms with Crippen molar-refractivity contribution < 1.29 is 23.6 Å². The largest absolute Gasteiger partial charge is 0.481 e. The second kappa shape index (κ2) is 11.9. The number of pyridine rings is 1. The molecule has 2 aromatic rings. The summed E-state index contributed by atoms with van der Waals surface area (Å²) in [5.74, 6) is -0.788. The van der Waals surface area contributed by atoms with Gasteiger partial charge in [-0.3, -0.25) is 9.78 Å². The SMILES string of the molecule is C[C@H](c1ccc2ccc(/C=C/C3(C(=O)O)CCC(O[S+](C)C(C)(C)C)CC3)cc2n1)N(C)C(=O)OC(C)(C)C. The molecule has 7 nitrogen and oxygen atoms in total. The summed E-state index contributed by atoms with van der Waals surface area (Å²) in [4.78, 5) is 31.3. The van der Waals surface area contributed by atoms with Crippen LogP contribution in [0.5, 0.6) is 0 Å². The number of hydrogen-bond acceptors (Lipinski definition) is 5. The number of nitrogens with zero attached hydrogens (tertiary/aromatic N) is 2. The zero-order valence-corrected chi connectivity index (χ0v) is 25.7. The first-order valence-corrected chi connectivity index (χ1v) is 15.2. The highest BCUT2D eigenvalue weighted by molar-refractivity contribution is 7.93. The van der Waals surface area contributed by atoms with E-state index in [1.54, 1.807) is 11.9 Å². The Hall–Kier alpha value is -2.58. The molecule has 214 valence electrons. The van der Waals surface area contributed by atoms with Gasteiger partial charge >= 0.3 is 12.1 Å². The molecule has 1 heterocycles. The number of fused-ring (bicyclic) bond motifs is 1. The quantitative estimate of drug-likeness (QED) is 0.363. The van der Waals surface area contributed by atoms with Crippen LogP contribution in [0.1, 0.15) is 91.4 Å². The Balaban J connectivity index is 1.76. The number of amides is 1. The zero-order valence-electron chi connectivity index (χ0n) is 24.9. The molecule has 1 unspecified atom stereocenters. The molecule has 1 aliphatic carbocycles. The number of benzene rings is 1. The molecule has 3 rings (SSSR count). The van der Waals surface area contributed by atoms with Crippen LogP contribution in [-0.4, -0.2) is 56.8 Å². The van der Waals surface area contributed by atoms with Gasteiger partial charge in [0.1, 0.15) is 29.1 Å². The number of aromatic nitrogens is 1. The summed E-state index contributed by atoms with van der Waals surface area (Å²) < 4.78 is 11.9. The molecular formula is C31H45N2O5S+. The van der Waals surface area contributed by atoms with Gasteiger partial charge in [-0.25, -0.2) is 4.79 Å². The first-order valence-electron chi connectivity index (χ1n) is 13.6. The summed E-state index contributed by atoms with van der Waals surface area (Å²) >= 11 is -0.184. The van der Waals surface area contributed by atoms with Crippen molar-refractivity contribution in [2.45, 2.75) is 96.6 Å². The number of carboxylic acids is 1. The lowest BCUT2D eigenvalue weighted by molar-refractivity contribution is -0.148. The molecule has 1 amide bonds. The number of carboxylic acid groups (broad SMARTS) is 1. The fourth-order valence-corrected chi connectivity index (χ4v) is 5.32. The monoisotopic (exact) mass is 557 g/mol. The first kappa shape index (κ1) is 31.0. The van der Waals surface area contributed by atoms with E-state index in [4.69, 9.17) is 13.9 Å². The fraction of sp³-hybridized carbons (Fsp3) is 0.581. The number of ether oxygens (including phenoxy) is 1. The van der Waals surface area contributed by atoms with E-state index in [9.17, 15) is 14.7 Å². The Bertz CT molecular complexity index is 1210. The summed E-state index contributed by atoms with van der Waals surface area (Å²) in [7, 11) is 1.71. The van der Waals surface area contributed by atoms with E-state index >= 15 is 0 Å². The molecule has 0 spiro atoms. The summed E-state index contributed by atoms with van der Waals surface area (Å²) in [6, 6.07) is 9.56. The minimum atomic E-state index is -0.900. The van der Waals surface area contributed by atoms with Gasteiger partial charge in [-0.05, 0) is 91.8 Å². The highest BCUT2D eigenvalue weighted by Crippen LogP contribution is 2.41. The van der Waals surface area contributed by atoms with Crippen LogP contribution >= 0.6 is 0 Å². The minimum absolute atomic E-state index is 0.0775. The van der Waals surface area contributed by atoms with Crippen molar-refractivity contribution in [1.29, 1.82) is 0 Å². The van der Waals surface area contributed by atoms with Gasteiger partial charge in [-0.2, -0.15) is 4.18 Å². The van der Waals surface area contributed by atoms with Gasteiger partial charge in [0.2, 0.25) is 0 Å². The lowest BCUT2D eigenvalue weighted by atomic mass is 9.73. The molecule has 39 heavy (non-hydrogen) atoms. The van der Waals surface area contributed by atoms with Gasteiger partial charge in [-0.15, -0.1) is 0 Å². The molecule has 0 radical (unpaired) electrons. The van der Waals surface area contributed by atoms with Crippen molar-refractivity contribution in [3.05, 3.63) is 47.7 Å². The fourth-order valence-electron chi connectivity index (χ4n) is 4.44. The molecule has 1 saturated carbocycles. The van der Waals surface area contributed by atoms with E-state index in [1.807, 2.05) is 70.2 Å². The number of hydrogen-bond donors (Lipinski definition) is 1. The standard InChI is InChI=1S/C31H44N2O5S/c1-21(33(8)28(36)37-29(2,3)4)25-13-12-23-11-10-22(20-26(23)32-25)14-17-31(27(34)35)18-15-24(16-19-31)38-39(9)30(5,6)7/h10-14,17,20-21,24H,15-16,18-19H2,1-9H3/p+1/b17-14+/t21-,24?,31?,39?/m1/s1. The van der Waals surface area contributed by atoms with E-state index in [-0.39, 0.29) is 28.1 Å². The van der Waals surface area contributed by atoms with Crippen LogP contribution in [0.25, 0.3) is 17.0 Å². The molecule has 0 saturated heterocycles. The van der Waals surface area contributed by atoms with Crippen LogP contribution in [0.15, 0.2) is 36.4 Å². The Labute approximate surface area is 236 Å². The van der Waals surface area contributed by atoms with Crippen molar-refractivity contribution in [2.75, 3.05) is 13.3 Å². The van der Waals surface area contributed by atoms with Crippen molar-refractivity contribution in [3.63, 3.8) is 0 Å². The van der Waals surface area contributed by atoms with Crippen LogP contribution in [0.3, 0.4) is 0 Å². The summed E-state index contributed by atoms with van der Waals surface area (Å²) in [5.41, 5.74) is 0.957. The topological polar surface area (TPSA) is 89.0 Å². The minimum Gasteiger partial charge on any atom is -0.481 e. The molecule has 0 aliphatic heterocycles. The van der Waals surface area contributed by atoms with E-state index in [0.29, 0.717) is 12.8 Å². The van der Waals surface area contributed by atoms with Gasteiger partial charge < -0.3 is 14.7 Å². The van der Waals surface area contributed by atoms with E-state index in [0.717, 1.165) is 35.0 Å². The van der Waals surface area contributed by atoms with Gasteiger partial charge in [0.15, 0.2) is 4.75 Å². The summed E-state index contributed by atoms with van der Waals surface area (Å²) in [6.07, 6.45) is 8.14. The smallest absolute Gasteiger partial charge is 0.410 e. The number of carbonyl (C=O) groups is 2. The third-order valence-corrected chi connectivity index (χ3v) is 9.70. The maximum absolute atomic E-state index is 12.5. The lowest BCUT2D eigenvalue weighted by Crippen LogP contribution is -2.39. The maximum atomic E-state index is 12.5. The molecule has 1 fully saturated rings. The van der Waals surface area contributed by atoms with Crippen LogP contribution < -0.4 is 0 Å². The Kier molecular flexibility index (Phi) is 9.43. The average molecular weight is 558 g/mol.